The first-order chi connectivity index (χ1) is 26.5. The van der Waals surface area contributed by atoms with E-state index in [4.69, 9.17) is 23.8 Å². The van der Waals surface area contributed by atoms with E-state index in [9.17, 15) is 14.3 Å². The molecule has 0 rings (SSSR count). The molecule has 2 unspecified atom stereocenters. The maximum Gasteiger partial charge on any atom is 0.472 e. The van der Waals surface area contributed by atoms with E-state index < -0.39 is 13.9 Å². The molecule has 0 aliphatic heterocycles. The molecule has 0 radical (unpaired) electrons. The van der Waals surface area contributed by atoms with Gasteiger partial charge in [0.05, 0.1) is 27.7 Å². The van der Waals surface area contributed by atoms with Gasteiger partial charge in [-0.3, -0.25) is 19.1 Å². The molecule has 0 bridgehead atoms. The molecule has 0 aliphatic rings. The second-order valence-electron chi connectivity index (χ2n) is 16.3. The van der Waals surface area contributed by atoms with Gasteiger partial charge in [0, 0.05) is 13.0 Å². The molecule has 11 heteroatoms. The number of phosphoric ester groups is 1. The molecule has 0 spiro atoms. The fourth-order valence-corrected chi connectivity index (χ4v) is 6.89. The van der Waals surface area contributed by atoms with Crippen molar-refractivity contribution in [3.8, 4) is 0 Å². The van der Waals surface area contributed by atoms with Crippen molar-refractivity contribution in [2.75, 3.05) is 54.1 Å². The Bertz CT molecular complexity index is 956. The summed E-state index contributed by atoms with van der Waals surface area (Å²) in [6.07, 6.45) is 38.2. The zero-order chi connectivity index (χ0) is 40.7. The lowest BCUT2D eigenvalue weighted by molar-refractivity contribution is -0.870. The van der Waals surface area contributed by atoms with Crippen LogP contribution < -0.4 is 0 Å². The van der Waals surface area contributed by atoms with E-state index >= 15 is 0 Å². The molecular weight excluding hydrogens is 717 g/mol. The normalized spacial score (nSPS) is 14.5. The van der Waals surface area contributed by atoms with E-state index in [-0.39, 0.29) is 31.9 Å². The van der Waals surface area contributed by atoms with Crippen LogP contribution in [0.5, 0.6) is 0 Å². The topological polar surface area (TPSA) is 121 Å². The van der Waals surface area contributed by atoms with Gasteiger partial charge >= 0.3 is 13.8 Å². The molecule has 55 heavy (non-hydrogen) atoms. The molecule has 0 fully saturated rings. The van der Waals surface area contributed by atoms with Crippen LogP contribution in [0, 0.1) is 0 Å². The Morgan fingerprint density at radius 2 is 1.18 bits per heavy atom. The number of allylic oxidation sites excluding steroid dienone is 3. The summed E-state index contributed by atoms with van der Waals surface area (Å²) in [6, 6.07) is 0. The monoisotopic (exact) mass is 805 g/mol. The van der Waals surface area contributed by atoms with Crippen molar-refractivity contribution in [1.29, 1.82) is 0 Å². The van der Waals surface area contributed by atoms with Gasteiger partial charge in [-0.15, -0.1) is 0 Å². The van der Waals surface area contributed by atoms with E-state index in [1.165, 1.54) is 77.0 Å². The number of unbranched alkanes of at least 4 members (excludes halogenated alkanes) is 22. The molecule has 0 heterocycles. The number of ether oxygens (including phenoxy) is 2. The lowest BCUT2D eigenvalue weighted by Crippen LogP contribution is -2.37. The Morgan fingerprint density at radius 1 is 0.655 bits per heavy atom. The number of phosphoric acid groups is 1. The first kappa shape index (κ1) is 53.9. The average Bonchev–Trinajstić information content (AvgIpc) is 3.14. The number of hydrogen-bond donors (Lipinski definition) is 2. The lowest BCUT2D eigenvalue weighted by atomic mass is 10.0. The fraction of sp³-hybridized carbons (Fsp3) is 0.886. The molecule has 0 aromatic heterocycles. The van der Waals surface area contributed by atoms with Gasteiger partial charge in [-0.2, -0.15) is 0 Å². The highest BCUT2D eigenvalue weighted by atomic mass is 31.2. The maximum atomic E-state index is 12.5. The van der Waals surface area contributed by atoms with Crippen LogP contribution in [0.2, 0.25) is 0 Å². The molecule has 0 aromatic carbocycles. The van der Waals surface area contributed by atoms with Gasteiger partial charge in [0.15, 0.2) is 0 Å². The summed E-state index contributed by atoms with van der Waals surface area (Å²) < 4.78 is 35.0. The Balaban J connectivity index is 4.30. The minimum atomic E-state index is -4.26. The number of hydrogen-bond acceptors (Lipinski definition) is 8. The summed E-state index contributed by atoms with van der Waals surface area (Å²) in [5.41, 5.74) is 0. The minimum absolute atomic E-state index is 0.0221. The van der Waals surface area contributed by atoms with Crippen molar-refractivity contribution < 1.29 is 47.4 Å². The van der Waals surface area contributed by atoms with Gasteiger partial charge in [0.1, 0.15) is 32.0 Å². The van der Waals surface area contributed by atoms with Gasteiger partial charge in [-0.1, -0.05) is 173 Å². The number of nitrogens with zero attached hydrogens (tertiary/aromatic N) is 1. The Morgan fingerprint density at radius 3 is 1.75 bits per heavy atom. The third-order valence-corrected chi connectivity index (χ3v) is 10.8. The van der Waals surface area contributed by atoms with Crippen molar-refractivity contribution in [1.82, 2.24) is 0 Å². The van der Waals surface area contributed by atoms with Crippen LogP contribution in [0.4, 0.5) is 0 Å². The first-order valence-electron chi connectivity index (χ1n) is 22.4. The van der Waals surface area contributed by atoms with E-state index in [1.54, 1.807) is 0 Å². The van der Waals surface area contributed by atoms with Crippen LogP contribution in [0.1, 0.15) is 187 Å². The lowest BCUT2D eigenvalue weighted by Gasteiger charge is -2.24. The number of likely N-dealkylation sites (N-methyl/N-ethyl adjacent to an activating group) is 1. The van der Waals surface area contributed by atoms with Crippen molar-refractivity contribution in [3.63, 3.8) is 0 Å². The highest BCUT2D eigenvalue weighted by molar-refractivity contribution is 7.47. The molecule has 10 nitrogen and oxygen atoms in total. The fourth-order valence-electron chi connectivity index (χ4n) is 6.15. The van der Waals surface area contributed by atoms with E-state index in [1.807, 2.05) is 39.4 Å². The second-order valence-corrected chi connectivity index (χ2v) is 17.8. The van der Waals surface area contributed by atoms with Crippen LogP contribution in [-0.4, -0.2) is 86.9 Å². The molecule has 0 aromatic rings. The zero-order valence-corrected chi connectivity index (χ0v) is 37.1. The number of quaternary nitrogens is 1. The van der Waals surface area contributed by atoms with Gasteiger partial charge in [-0.05, 0) is 32.1 Å². The van der Waals surface area contributed by atoms with E-state index in [0.29, 0.717) is 24.1 Å². The second kappa shape index (κ2) is 38.4. The molecule has 2 N–H and O–H groups in total. The van der Waals surface area contributed by atoms with Crippen molar-refractivity contribution >= 4 is 13.8 Å². The average molecular weight is 805 g/mol. The van der Waals surface area contributed by atoms with Crippen LogP contribution >= 0.6 is 7.82 Å². The highest BCUT2D eigenvalue weighted by Crippen LogP contribution is 2.43. The Kier molecular flexibility index (Phi) is 37.7. The molecule has 0 saturated carbocycles. The molecule has 0 amide bonds. The van der Waals surface area contributed by atoms with Gasteiger partial charge < -0.3 is 18.9 Å². The molecule has 0 aliphatic carbocycles. The van der Waals surface area contributed by atoms with Crippen molar-refractivity contribution in [2.45, 2.75) is 199 Å². The molecule has 326 valence electrons. The maximum absolute atomic E-state index is 12.5. The summed E-state index contributed by atoms with van der Waals surface area (Å²) in [4.78, 5) is 27.2. The first-order valence-corrected chi connectivity index (χ1v) is 23.9. The number of rotatable bonds is 42. The minimum Gasteiger partial charge on any atom is -0.463 e. The summed E-state index contributed by atoms with van der Waals surface area (Å²) in [5, 5.41) is 9.03. The smallest absolute Gasteiger partial charge is 0.463 e. The molecular formula is C44H87NO9P+. The standard InChI is InChI=1S/C44H86NO9P/c1-6-8-10-11-12-13-14-15-16-17-18-22-25-28-32-36-44(46)51-40-43(41-53-55(48,49)52-39-37-45(3,4)5)50-38-33-29-26-23-20-19-21-24-27-31-35-42(54-47)34-30-9-7-2/h24,27,31,35,42-43H,6-23,25-26,28-30,32-34,36-41H2,1-5H3,(H-,47,48,49)/p+1/b27-24-,35-31+/t42?,43-/m1/s1. The predicted octanol–water partition coefficient (Wildman–Crippen LogP) is 12.3. The summed E-state index contributed by atoms with van der Waals surface area (Å²) in [6.45, 7) is 5.30. The van der Waals surface area contributed by atoms with Gasteiger partial charge in [0.25, 0.3) is 0 Å². The van der Waals surface area contributed by atoms with Crippen molar-refractivity contribution in [3.05, 3.63) is 24.3 Å². The third-order valence-electron chi connectivity index (χ3n) is 9.77. The SMILES string of the molecule is CCCCCCCCCCCCCCCCCC(=O)OC[C@H](COP(=O)(O)OCC[N+](C)(C)C)OCCCCCCCC/C=C\C=C\C(CCCCC)OO. The molecule has 3 atom stereocenters. The Hall–Kier alpha value is -1.10. The molecule has 0 saturated heterocycles. The van der Waals surface area contributed by atoms with E-state index in [0.717, 1.165) is 89.9 Å². The highest BCUT2D eigenvalue weighted by Gasteiger charge is 2.25. The number of carbonyl (C=O) groups excluding carboxylic acids is 1. The number of carbonyl (C=O) groups is 1. The zero-order valence-electron chi connectivity index (χ0n) is 36.2. The quantitative estimate of drug-likeness (QED) is 0.0118. The largest absolute Gasteiger partial charge is 0.472 e. The van der Waals surface area contributed by atoms with Gasteiger partial charge in [-0.25, -0.2) is 9.45 Å². The van der Waals surface area contributed by atoms with Crippen LogP contribution in [0.3, 0.4) is 0 Å². The van der Waals surface area contributed by atoms with Crippen LogP contribution in [0.25, 0.3) is 0 Å². The summed E-state index contributed by atoms with van der Waals surface area (Å²) >= 11 is 0. The summed E-state index contributed by atoms with van der Waals surface area (Å²) in [7, 11) is 1.66. The third kappa shape index (κ3) is 40.9. The van der Waals surface area contributed by atoms with Crippen LogP contribution in [-0.2, 0) is 32.8 Å². The van der Waals surface area contributed by atoms with E-state index in [2.05, 4.69) is 24.8 Å². The Labute approximate surface area is 338 Å². The predicted molar refractivity (Wildman–Crippen MR) is 227 cm³/mol. The number of esters is 1. The van der Waals surface area contributed by atoms with Crippen LogP contribution in [0.15, 0.2) is 24.3 Å². The summed E-state index contributed by atoms with van der Waals surface area (Å²) in [5.74, 6) is -0.272. The van der Waals surface area contributed by atoms with Crippen molar-refractivity contribution in [2.24, 2.45) is 0 Å². The van der Waals surface area contributed by atoms with Gasteiger partial charge in [0.2, 0.25) is 0 Å².